The van der Waals surface area contributed by atoms with E-state index in [1.807, 2.05) is 0 Å². The lowest BCUT2D eigenvalue weighted by atomic mass is 9.89. The molecule has 0 aliphatic carbocycles. The van der Waals surface area contributed by atoms with E-state index in [9.17, 15) is 8.42 Å². The standard InChI is InChI=1S/C20H33NO3S/c1-13(2)16-10-18(14(3)4)20(19(11-16)15(5)6)25(22,23)21-12-17-8-7-9-24-17/h10-11,13-15,17,21H,7-9,12H2,1-6H3. The molecule has 1 N–H and O–H groups in total. The molecule has 1 aliphatic heterocycles. The molecule has 0 aromatic heterocycles. The fourth-order valence-electron chi connectivity index (χ4n) is 3.28. The second-order valence-corrected chi connectivity index (χ2v) is 9.68. The molecule has 142 valence electrons. The SMILES string of the molecule is CC(C)c1cc(C(C)C)c(S(=O)(=O)NCC2CCCO2)c(C(C)C)c1. The Morgan fingerprint density at radius 3 is 2.00 bits per heavy atom. The Morgan fingerprint density at radius 2 is 1.60 bits per heavy atom. The van der Waals surface area contributed by atoms with Crippen LogP contribution in [0, 0.1) is 0 Å². The lowest BCUT2D eigenvalue weighted by molar-refractivity contribution is 0.114. The minimum absolute atomic E-state index is 0.00490. The minimum Gasteiger partial charge on any atom is -0.377 e. The van der Waals surface area contributed by atoms with E-state index >= 15 is 0 Å². The zero-order chi connectivity index (χ0) is 18.8. The quantitative estimate of drug-likeness (QED) is 0.771. The summed E-state index contributed by atoms with van der Waals surface area (Å²) in [5.41, 5.74) is 3.02. The van der Waals surface area contributed by atoms with Crippen LogP contribution >= 0.6 is 0 Å². The van der Waals surface area contributed by atoms with Gasteiger partial charge in [0.1, 0.15) is 0 Å². The largest absolute Gasteiger partial charge is 0.377 e. The zero-order valence-corrected chi connectivity index (χ0v) is 17.2. The summed E-state index contributed by atoms with van der Waals surface area (Å²) in [6.07, 6.45) is 1.92. The lowest BCUT2D eigenvalue weighted by Crippen LogP contribution is -2.33. The van der Waals surface area contributed by atoms with Gasteiger partial charge >= 0.3 is 0 Å². The van der Waals surface area contributed by atoms with E-state index in [2.05, 4.69) is 58.4 Å². The number of hydrogen-bond acceptors (Lipinski definition) is 3. The molecule has 0 bridgehead atoms. The van der Waals surface area contributed by atoms with Crippen LogP contribution in [0.5, 0.6) is 0 Å². The second-order valence-electron chi connectivity index (χ2n) is 7.98. The predicted octanol–water partition coefficient (Wildman–Crippen LogP) is 4.51. The first kappa shape index (κ1) is 20.4. The molecule has 0 saturated carbocycles. The number of rotatable bonds is 7. The number of benzene rings is 1. The van der Waals surface area contributed by atoms with E-state index in [0.29, 0.717) is 17.4 Å². The number of nitrogens with one attached hydrogen (secondary N) is 1. The van der Waals surface area contributed by atoms with Gasteiger partial charge in [0.15, 0.2) is 0 Å². The summed E-state index contributed by atoms with van der Waals surface area (Å²) in [5.74, 6) is 0.655. The molecule has 0 amide bonds. The highest BCUT2D eigenvalue weighted by atomic mass is 32.2. The van der Waals surface area contributed by atoms with Crippen LogP contribution in [-0.2, 0) is 14.8 Å². The Kier molecular flexibility index (Phi) is 6.68. The van der Waals surface area contributed by atoms with Gasteiger partial charge in [-0.15, -0.1) is 0 Å². The van der Waals surface area contributed by atoms with E-state index in [4.69, 9.17) is 4.74 Å². The van der Waals surface area contributed by atoms with E-state index < -0.39 is 10.0 Å². The van der Waals surface area contributed by atoms with Crippen LogP contribution in [0.4, 0.5) is 0 Å². The molecular formula is C20H33NO3S. The van der Waals surface area contributed by atoms with Gasteiger partial charge < -0.3 is 4.74 Å². The number of ether oxygens (including phenoxy) is 1. The van der Waals surface area contributed by atoms with Crippen LogP contribution in [0.2, 0.25) is 0 Å². The fraction of sp³-hybridized carbons (Fsp3) is 0.700. The third-order valence-corrected chi connectivity index (χ3v) is 6.43. The van der Waals surface area contributed by atoms with E-state index in [-0.39, 0.29) is 17.9 Å². The molecule has 4 nitrogen and oxygen atoms in total. The number of hydrogen-bond donors (Lipinski definition) is 1. The zero-order valence-electron chi connectivity index (χ0n) is 16.4. The van der Waals surface area contributed by atoms with E-state index in [1.165, 1.54) is 5.56 Å². The Bertz CT molecular complexity index is 658. The highest BCUT2D eigenvalue weighted by Crippen LogP contribution is 2.35. The highest BCUT2D eigenvalue weighted by molar-refractivity contribution is 7.89. The summed E-state index contributed by atoms with van der Waals surface area (Å²) in [6.45, 7) is 13.6. The molecule has 1 aromatic rings. The molecular weight excluding hydrogens is 334 g/mol. The summed E-state index contributed by atoms with van der Waals surface area (Å²) in [7, 11) is -3.57. The van der Waals surface area contributed by atoms with Crippen LogP contribution in [0.25, 0.3) is 0 Å². The summed E-state index contributed by atoms with van der Waals surface area (Å²) in [4.78, 5) is 0.472. The first-order valence-electron chi connectivity index (χ1n) is 9.42. The average Bonchev–Trinajstić information content (AvgIpc) is 3.05. The summed E-state index contributed by atoms with van der Waals surface area (Å²) in [5, 5.41) is 0. The molecule has 5 heteroatoms. The Labute approximate surface area is 153 Å². The fourth-order valence-corrected chi connectivity index (χ4v) is 5.04. The van der Waals surface area contributed by atoms with Gasteiger partial charge in [-0.25, -0.2) is 13.1 Å². The highest BCUT2D eigenvalue weighted by Gasteiger charge is 2.28. The van der Waals surface area contributed by atoms with Crippen LogP contribution in [0.1, 0.15) is 88.8 Å². The van der Waals surface area contributed by atoms with Gasteiger partial charge in [-0.3, -0.25) is 0 Å². The van der Waals surface area contributed by atoms with Gasteiger partial charge in [0.2, 0.25) is 10.0 Å². The third kappa shape index (κ3) is 4.83. The van der Waals surface area contributed by atoms with Crippen molar-refractivity contribution in [3.63, 3.8) is 0 Å². The molecule has 25 heavy (non-hydrogen) atoms. The van der Waals surface area contributed by atoms with Crippen LogP contribution in [0.15, 0.2) is 17.0 Å². The van der Waals surface area contributed by atoms with Crippen molar-refractivity contribution in [1.82, 2.24) is 4.72 Å². The monoisotopic (exact) mass is 367 g/mol. The normalized spacial score (nSPS) is 18.7. The molecule has 1 saturated heterocycles. The van der Waals surface area contributed by atoms with Crippen molar-refractivity contribution in [1.29, 1.82) is 0 Å². The van der Waals surface area contributed by atoms with Crippen molar-refractivity contribution in [2.45, 2.75) is 83.1 Å². The van der Waals surface area contributed by atoms with Crippen molar-refractivity contribution < 1.29 is 13.2 Å². The van der Waals surface area contributed by atoms with E-state index in [1.54, 1.807) is 0 Å². The van der Waals surface area contributed by atoms with Crippen molar-refractivity contribution in [2.75, 3.05) is 13.2 Å². The van der Waals surface area contributed by atoms with Gasteiger partial charge in [-0.2, -0.15) is 0 Å². The maximum absolute atomic E-state index is 13.2. The topological polar surface area (TPSA) is 55.4 Å². The third-order valence-electron chi connectivity index (χ3n) is 4.87. The molecule has 0 radical (unpaired) electrons. The van der Waals surface area contributed by atoms with Crippen molar-refractivity contribution in [2.24, 2.45) is 0 Å². The van der Waals surface area contributed by atoms with Crippen molar-refractivity contribution in [3.8, 4) is 0 Å². The first-order valence-corrected chi connectivity index (χ1v) is 10.9. The Morgan fingerprint density at radius 1 is 1.04 bits per heavy atom. The number of sulfonamides is 1. The molecule has 1 heterocycles. The second kappa shape index (κ2) is 8.19. The first-order chi connectivity index (χ1) is 11.6. The molecule has 1 atom stereocenters. The molecule has 1 aliphatic rings. The maximum atomic E-state index is 13.2. The summed E-state index contributed by atoms with van der Waals surface area (Å²) >= 11 is 0. The smallest absolute Gasteiger partial charge is 0.241 e. The molecule has 2 rings (SSSR count). The molecule has 1 fully saturated rings. The summed E-state index contributed by atoms with van der Waals surface area (Å²) in [6, 6.07) is 4.14. The molecule has 0 spiro atoms. The molecule has 1 aromatic carbocycles. The lowest BCUT2D eigenvalue weighted by Gasteiger charge is -2.23. The summed E-state index contributed by atoms with van der Waals surface area (Å²) < 4.78 is 34.7. The van der Waals surface area contributed by atoms with Gasteiger partial charge in [0.25, 0.3) is 0 Å². The maximum Gasteiger partial charge on any atom is 0.241 e. The van der Waals surface area contributed by atoms with Crippen LogP contribution < -0.4 is 4.72 Å². The Balaban J connectivity index is 2.48. The van der Waals surface area contributed by atoms with Crippen LogP contribution in [0.3, 0.4) is 0 Å². The van der Waals surface area contributed by atoms with E-state index in [0.717, 1.165) is 30.6 Å². The predicted molar refractivity (Wildman–Crippen MR) is 103 cm³/mol. The van der Waals surface area contributed by atoms with Crippen molar-refractivity contribution >= 4 is 10.0 Å². The van der Waals surface area contributed by atoms with Gasteiger partial charge in [-0.1, -0.05) is 53.7 Å². The minimum atomic E-state index is -3.57. The van der Waals surface area contributed by atoms with Gasteiger partial charge in [0.05, 0.1) is 11.0 Å². The Hall–Kier alpha value is -0.910. The van der Waals surface area contributed by atoms with Gasteiger partial charge in [-0.05, 0) is 47.3 Å². The van der Waals surface area contributed by atoms with Gasteiger partial charge in [0, 0.05) is 13.2 Å². The average molecular weight is 368 g/mol. The van der Waals surface area contributed by atoms with Crippen molar-refractivity contribution in [3.05, 3.63) is 28.8 Å². The molecule has 1 unspecified atom stereocenters. The van der Waals surface area contributed by atoms with Crippen LogP contribution in [-0.4, -0.2) is 27.7 Å².